The van der Waals surface area contributed by atoms with Crippen LogP contribution in [-0.2, 0) is 0 Å². The van der Waals surface area contributed by atoms with Crippen molar-refractivity contribution < 1.29 is 0 Å². The molecule has 0 unspecified atom stereocenters. The van der Waals surface area contributed by atoms with Gasteiger partial charge in [-0.1, -0.05) is 177 Å². The Labute approximate surface area is 320 Å². The summed E-state index contributed by atoms with van der Waals surface area (Å²) in [6.45, 7) is 13.5. The van der Waals surface area contributed by atoms with Gasteiger partial charge < -0.3 is 0 Å². The van der Waals surface area contributed by atoms with Gasteiger partial charge in [0.1, 0.15) is 0 Å². The summed E-state index contributed by atoms with van der Waals surface area (Å²) in [4.78, 5) is 12.3. The maximum Gasteiger partial charge on any atom is 0.242 e. The van der Waals surface area contributed by atoms with Crippen LogP contribution in [0.2, 0.25) is 0 Å². The molecule has 0 saturated heterocycles. The summed E-state index contributed by atoms with van der Waals surface area (Å²) in [6, 6.07) is 52.4. The number of fused-ring (bicyclic) bond motifs is 1. The molecule has 8 aromatic rings. The molecule has 0 radical (unpaired) electrons. The van der Waals surface area contributed by atoms with E-state index in [0.29, 0.717) is 5.95 Å². The zero-order valence-corrected chi connectivity index (χ0v) is 31.9. The van der Waals surface area contributed by atoms with E-state index in [-0.39, 0.29) is 6.71 Å². The topological polar surface area (TPSA) is 29.0 Å². The first-order valence-corrected chi connectivity index (χ1v) is 18.8. The number of aromatic nitrogens is 2. The Balaban J connectivity index is 1.33. The summed E-state index contributed by atoms with van der Waals surface area (Å²) in [7, 11) is 0. The van der Waals surface area contributed by atoms with Crippen molar-refractivity contribution in [2.45, 2.75) is 41.5 Å². The molecule has 0 fully saturated rings. The predicted octanol–water partition coefficient (Wildman–Crippen LogP) is 10.8. The minimum atomic E-state index is 0.0793. The third-order valence-electron chi connectivity index (χ3n) is 10.7. The minimum absolute atomic E-state index is 0.0793. The van der Waals surface area contributed by atoms with Crippen LogP contribution in [0.4, 0.5) is 17.3 Å². The van der Waals surface area contributed by atoms with Crippen LogP contribution in [0.1, 0.15) is 33.4 Å². The van der Waals surface area contributed by atoms with Crippen molar-refractivity contribution in [3.63, 3.8) is 0 Å². The highest BCUT2D eigenvalue weighted by molar-refractivity contribution is 6.96. The molecule has 0 spiro atoms. The van der Waals surface area contributed by atoms with Crippen molar-refractivity contribution in [2.24, 2.45) is 0 Å². The zero-order chi connectivity index (χ0) is 37.3. The van der Waals surface area contributed by atoms with Gasteiger partial charge in [-0.2, -0.15) is 0 Å². The molecular formula is C50H44BN3. The van der Waals surface area contributed by atoms with Gasteiger partial charge in [0.2, 0.25) is 12.7 Å². The first-order valence-electron chi connectivity index (χ1n) is 18.8. The molecule has 1 aromatic heterocycles. The summed E-state index contributed by atoms with van der Waals surface area (Å²) in [6.07, 6.45) is 3.87. The van der Waals surface area contributed by atoms with Crippen molar-refractivity contribution in [2.75, 3.05) is 4.90 Å². The summed E-state index contributed by atoms with van der Waals surface area (Å²) in [5.74, 6) is 0.613. The summed E-state index contributed by atoms with van der Waals surface area (Å²) < 4.78 is 0. The fourth-order valence-corrected chi connectivity index (χ4v) is 8.52. The Morgan fingerprint density at radius 2 is 0.963 bits per heavy atom. The largest absolute Gasteiger partial charge is 0.279 e. The standard InChI is InChI=1S/C50H44BN3/c1-33-27-35(3)48(36(4)28-33)51(49-37(5)29-34(2)30-38(49)6)43-22-24-44(25-23-43)54(50-52-31-42(32-53-50)39-15-9-7-10-16-39)46-26-21-40-17-13-14-20-45(40)47(46)41-18-11-8-12-19-41/h7-32H,1-6H3. The number of rotatable bonds is 8. The summed E-state index contributed by atoms with van der Waals surface area (Å²) in [5.41, 5.74) is 18.2. The Hall–Kier alpha value is -6.26. The smallest absolute Gasteiger partial charge is 0.242 e. The van der Waals surface area contributed by atoms with Gasteiger partial charge >= 0.3 is 0 Å². The van der Waals surface area contributed by atoms with Crippen molar-refractivity contribution in [1.29, 1.82) is 0 Å². The molecule has 0 amide bonds. The van der Waals surface area contributed by atoms with Crippen molar-refractivity contribution >= 4 is 51.2 Å². The van der Waals surface area contributed by atoms with Gasteiger partial charge in [-0.05, 0) is 81.6 Å². The lowest BCUT2D eigenvalue weighted by atomic mass is 9.34. The maximum atomic E-state index is 5.05. The lowest BCUT2D eigenvalue weighted by molar-refractivity contribution is 1.08. The molecule has 0 aliphatic heterocycles. The molecule has 4 heteroatoms. The predicted molar refractivity (Wildman–Crippen MR) is 231 cm³/mol. The molecule has 1 heterocycles. The second kappa shape index (κ2) is 14.6. The van der Waals surface area contributed by atoms with E-state index in [1.54, 1.807) is 0 Å². The highest BCUT2D eigenvalue weighted by atomic mass is 15.3. The monoisotopic (exact) mass is 697 g/mol. The summed E-state index contributed by atoms with van der Waals surface area (Å²) in [5, 5.41) is 2.37. The molecule has 0 aliphatic rings. The fourth-order valence-electron chi connectivity index (χ4n) is 8.52. The van der Waals surface area contributed by atoms with Crippen LogP contribution in [0, 0.1) is 41.5 Å². The van der Waals surface area contributed by atoms with Crippen LogP contribution >= 0.6 is 0 Å². The SMILES string of the molecule is Cc1cc(C)c(B(c2ccc(N(c3ncc(-c4ccccc4)cn3)c3ccc4ccccc4c3-c3ccccc3)cc2)c2c(C)cc(C)cc2C)c(C)c1. The average molecular weight is 698 g/mol. The molecule has 8 rings (SSSR count). The lowest BCUT2D eigenvalue weighted by Gasteiger charge is -2.28. The normalized spacial score (nSPS) is 11.1. The first kappa shape index (κ1) is 34.8. The van der Waals surface area contributed by atoms with Crippen LogP contribution in [0.3, 0.4) is 0 Å². The fraction of sp³-hybridized carbons (Fsp3) is 0.120. The van der Waals surface area contributed by atoms with E-state index in [1.165, 1.54) is 60.5 Å². The van der Waals surface area contributed by atoms with Crippen LogP contribution in [0.15, 0.2) is 158 Å². The molecule has 0 atom stereocenters. The Morgan fingerprint density at radius 1 is 0.463 bits per heavy atom. The van der Waals surface area contributed by atoms with Gasteiger partial charge in [-0.15, -0.1) is 0 Å². The molecule has 7 aromatic carbocycles. The van der Waals surface area contributed by atoms with E-state index in [2.05, 4.69) is 174 Å². The van der Waals surface area contributed by atoms with E-state index in [4.69, 9.17) is 9.97 Å². The van der Waals surface area contributed by atoms with Crippen LogP contribution in [0.5, 0.6) is 0 Å². The van der Waals surface area contributed by atoms with Gasteiger partial charge in [-0.25, -0.2) is 9.97 Å². The Morgan fingerprint density at radius 3 is 1.52 bits per heavy atom. The quantitative estimate of drug-likeness (QED) is 0.148. The number of hydrogen-bond acceptors (Lipinski definition) is 3. The van der Waals surface area contributed by atoms with E-state index >= 15 is 0 Å². The molecular weight excluding hydrogens is 653 g/mol. The van der Waals surface area contributed by atoms with E-state index in [9.17, 15) is 0 Å². The Bertz CT molecular complexity index is 2490. The third-order valence-corrected chi connectivity index (χ3v) is 10.7. The second-order valence-corrected chi connectivity index (χ2v) is 14.7. The molecule has 0 N–H and O–H groups in total. The number of aryl methyl sites for hydroxylation is 6. The van der Waals surface area contributed by atoms with E-state index in [0.717, 1.165) is 33.6 Å². The molecule has 0 bridgehead atoms. The van der Waals surface area contributed by atoms with Gasteiger partial charge in [0.15, 0.2) is 0 Å². The van der Waals surface area contributed by atoms with Gasteiger partial charge in [0.25, 0.3) is 0 Å². The number of nitrogens with zero attached hydrogens (tertiary/aromatic N) is 3. The van der Waals surface area contributed by atoms with Crippen LogP contribution < -0.4 is 21.3 Å². The number of hydrogen-bond donors (Lipinski definition) is 0. The first-order chi connectivity index (χ1) is 26.3. The third kappa shape index (κ3) is 6.61. The number of benzene rings is 7. The molecule has 0 aliphatic carbocycles. The Kier molecular flexibility index (Phi) is 9.44. The molecule has 262 valence electrons. The highest BCUT2D eigenvalue weighted by Gasteiger charge is 2.29. The van der Waals surface area contributed by atoms with Crippen LogP contribution in [-0.4, -0.2) is 16.7 Å². The molecule has 0 saturated carbocycles. The van der Waals surface area contributed by atoms with E-state index in [1.807, 2.05) is 30.6 Å². The van der Waals surface area contributed by atoms with Gasteiger partial charge in [0.05, 0.1) is 5.69 Å². The molecule has 3 nitrogen and oxygen atoms in total. The number of anilines is 3. The highest BCUT2D eigenvalue weighted by Crippen LogP contribution is 2.43. The van der Waals surface area contributed by atoms with Crippen LogP contribution in [0.25, 0.3) is 33.0 Å². The van der Waals surface area contributed by atoms with Gasteiger partial charge in [0, 0.05) is 29.2 Å². The minimum Gasteiger partial charge on any atom is -0.279 e. The summed E-state index contributed by atoms with van der Waals surface area (Å²) >= 11 is 0. The zero-order valence-electron chi connectivity index (χ0n) is 31.9. The molecule has 54 heavy (non-hydrogen) atoms. The van der Waals surface area contributed by atoms with Crippen molar-refractivity contribution in [1.82, 2.24) is 9.97 Å². The van der Waals surface area contributed by atoms with Crippen molar-refractivity contribution in [3.05, 3.63) is 191 Å². The maximum absolute atomic E-state index is 5.05. The second-order valence-electron chi connectivity index (χ2n) is 14.7. The van der Waals surface area contributed by atoms with Gasteiger partial charge in [-0.3, -0.25) is 4.90 Å². The lowest BCUT2D eigenvalue weighted by Crippen LogP contribution is -2.55. The van der Waals surface area contributed by atoms with Crippen molar-refractivity contribution in [3.8, 4) is 22.3 Å². The van der Waals surface area contributed by atoms with E-state index < -0.39 is 0 Å². The average Bonchev–Trinajstić information content (AvgIpc) is 3.18.